The lowest BCUT2D eigenvalue weighted by molar-refractivity contribution is 0.0924. The molecule has 3 rings (SSSR count). The number of hydrogen-bond donors (Lipinski definition) is 0. The zero-order valence-electron chi connectivity index (χ0n) is 10.2. The predicted octanol–water partition coefficient (Wildman–Crippen LogP) is 3.04. The molecule has 1 heterocycles. The molecule has 0 aliphatic carbocycles. The Hall–Kier alpha value is -2.70. The maximum Gasteiger partial charge on any atom is 0.269 e. The van der Waals surface area contributed by atoms with Gasteiger partial charge < -0.3 is 0 Å². The number of rotatable bonds is 1. The molecule has 21 heavy (non-hydrogen) atoms. The summed E-state index contributed by atoms with van der Waals surface area (Å²) >= 11 is 0. The summed E-state index contributed by atoms with van der Waals surface area (Å²) in [4.78, 5) is 24.6. The molecule has 2 aromatic carbocycles. The van der Waals surface area contributed by atoms with Crippen molar-refractivity contribution in [1.82, 2.24) is 0 Å². The largest absolute Gasteiger partial charge is 0.269 e. The third-order valence-electron chi connectivity index (χ3n) is 3.12. The van der Waals surface area contributed by atoms with Crippen LogP contribution in [0.1, 0.15) is 20.7 Å². The number of imide groups is 1. The Bertz CT molecular complexity index is 743. The zero-order valence-corrected chi connectivity index (χ0v) is 10.2. The summed E-state index contributed by atoms with van der Waals surface area (Å²) in [6, 6.07) is 7.29. The minimum Gasteiger partial charge on any atom is -0.268 e. The fourth-order valence-electron chi connectivity index (χ4n) is 2.16. The van der Waals surface area contributed by atoms with Crippen LogP contribution in [0.5, 0.6) is 0 Å². The van der Waals surface area contributed by atoms with Gasteiger partial charge in [0.1, 0.15) is 0 Å². The van der Waals surface area contributed by atoms with Gasteiger partial charge in [-0.1, -0.05) is 18.2 Å². The van der Waals surface area contributed by atoms with Gasteiger partial charge in [0.2, 0.25) is 0 Å². The maximum atomic E-state index is 13.7. The topological polar surface area (TPSA) is 37.4 Å². The summed E-state index contributed by atoms with van der Waals surface area (Å²) in [5, 5.41) is 0. The average molecular weight is 295 g/mol. The molecular formula is C14H5F4NO2. The van der Waals surface area contributed by atoms with E-state index in [9.17, 15) is 27.2 Å². The van der Waals surface area contributed by atoms with Crippen molar-refractivity contribution in [2.75, 3.05) is 4.90 Å². The molecule has 3 nitrogen and oxygen atoms in total. The summed E-state index contributed by atoms with van der Waals surface area (Å²) in [7, 11) is 0. The summed E-state index contributed by atoms with van der Waals surface area (Å²) < 4.78 is 53.8. The lowest BCUT2D eigenvalue weighted by Gasteiger charge is -2.13. The van der Waals surface area contributed by atoms with Crippen molar-refractivity contribution < 1.29 is 27.2 Å². The van der Waals surface area contributed by atoms with Gasteiger partial charge in [0.25, 0.3) is 11.8 Å². The van der Waals surface area contributed by atoms with Gasteiger partial charge >= 0.3 is 0 Å². The molecule has 0 fully saturated rings. The van der Waals surface area contributed by atoms with Crippen LogP contribution in [0.4, 0.5) is 23.2 Å². The quantitative estimate of drug-likeness (QED) is 0.351. The van der Waals surface area contributed by atoms with Crippen LogP contribution in [0.15, 0.2) is 30.3 Å². The lowest BCUT2D eigenvalue weighted by atomic mass is 10.1. The highest BCUT2D eigenvalue weighted by atomic mass is 19.2. The molecule has 2 amide bonds. The Morgan fingerprint density at radius 1 is 0.667 bits per heavy atom. The van der Waals surface area contributed by atoms with Crippen molar-refractivity contribution in [1.29, 1.82) is 0 Å². The Morgan fingerprint density at radius 3 is 1.52 bits per heavy atom. The minimum absolute atomic E-state index is 0.0447. The molecule has 0 saturated heterocycles. The second-order valence-corrected chi connectivity index (χ2v) is 4.29. The van der Waals surface area contributed by atoms with Crippen LogP contribution < -0.4 is 4.90 Å². The van der Waals surface area contributed by atoms with Crippen molar-refractivity contribution in [2.24, 2.45) is 0 Å². The minimum atomic E-state index is -2.12. The summed E-state index contributed by atoms with van der Waals surface area (Å²) in [5.41, 5.74) is -2.15. The number of halogens is 4. The third kappa shape index (κ3) is 1.67. The molecule has 1 aliphatic rings. The highest BCUT2D eigenvalue weighted by Crippen LogP contribution is 2.34. The standard InChI is InChI=1S/C14H5F4NO2/c15-9-7-8(10(16)12(18)11(9)17)14(21)19(13(7)20)6-4-2-1-3-5-6/h1-5H. The molecule has 0 atom stereocenters. The highest BCUT2D eigenvalue weighted by Gasteiger charge is 2.44. The van der Waals surface area contributed by atoms with Crippen LogP contribution in [0.2, 0.25) is 0 Å². The number of amides is 2. The Labute approximate surface area is 115 Å². The molecular weight excluding hydrogens is 290 g/mol. The number of carbonyl (C=O) groups excluding carboxylic acids is 2. The van der Waals surface area contributed by atoms with Crippen LogP contribution >= 0.6 is 0 Å². The van der Waals surface area contributed by atoms with E-state index in [4.69, 9.17) is 0 Å². The second-order valence-electron chi connectivity index (χ2n) is 4.29. The first-order chi connectivity index (χ1) is 9.95. The van der Waals surface area contributed by atoms with Crippen molar-refractivity contribution in [3.63, 3.8) is 0 Å². The second kappa shape index (κ2) is 4.41. The smallest absolute Gasteiger partial charge is 0.268 e. The van der Waals surface area contributed by atoms with E-state index < -0.39 is 46.2 Å². The Morgan fingerprint density at radius 2 is 1.10 bits per heavy atom. The van der Waals surface area contributed by atoms with Gasteiger partial charge in [0.15, 0.2) is 23.3 Å². The number of nitrogens with zero attached hydrogens (tertiary/aromatic N) is 1. The highest BCUT2D eigenvalue weighted by molar-refractivity contribution is 6.34. The summed E-state index contributed by atoms with van der Waals surface area (Å²) in [6.07, 6.45) is 0. The van der Waals surface area contributed by atoms with Gasteiger partial charge in [-0.3, -0.25) is 9.59 Å². The molecule has 2 aromatic rings. The number of hydrogen-bond acceptors (Lipinski definition) is 2. The van der Waals surface area contributed by atoms with Crippen LogP contribution in [0.3, 0.4) is 0 Å². The number of para-hydroxylation sites is 1. The maximum absolute atomic E-state index is 13.7. The van der Waals surface area contributed by atoms with Gasteiger partial charge in [0, 0.05) is 0 Å². The summed E-state index contributed by atoms with van der Waals surface area (Å²) in [6.45, 7) is 0. The number of fused-ring (bicyclic) bond motifs is 1. The van der Waals surface area contributed by atoms with Crippen molar-refractivity contribution in [2.45, 2.75) is 0 Å². The van der Waals surface area contributed by atoms with Crippen LogP contribution in [-0.4, -0.2) is 11.8 Å². The fraction of sp³-hybridized carbons (Fsp3) is 0. The van der Waals surface area contributed by atoms with Crippen LogP contribution in [0.25, 0.3) is 0 Å². The first-order valence-corrected chi connectivity index (χ1v) is 5.75. The molecule has 0 saturated carbocycles. The fourth-order valence-corrected chi connectivity index (χ4v) is 2.16. The molecule has 0 bridgehead atoms. The third-order valence-corrected chi connectivity index (χ3v) is 3.12. The monoisotopic (exact) mass is 295 g/mol. The molecule has 1 aliphatic heterocycles. The average Bonchev–Trinajstić information content (AvgIpc) is 2.75. The molecule has 7 heteroatoms. The normalized spacial score (nSPS) is 13.8. The molecule has 106 valence electrons. The van der Waals surface area contributed by atoms with E-state index >= 15 is 0 Å². The van der Waals surface area contributed by atoms with E-state index in [1.165, 1.54) is 24.3 Å². The van der Waals surface area contributed by atoms with Gasteiger partial charge in [-0.15, -0.1) is 0 Å². The van der Waals surface area contributed by atoms with Crippen LogP contribution in [-0.2, 0) is 0 Å². The molecule has 0 radical (unpaired) electrons. The van der Waals surface area contributed by atoms with Gasteiger partial charge in [-0.2, -0.15) is 0 Å². The number of anilines is 1. The van der Waals surface area contributed by atoms with E-state index in [0.717, 1.165) is 0 Å². The van der Waals surface area contributed by atoms with Crippen molar-refractivity contribution in [3.8, 4) is 0 Å². The van der Waals surface area contributed by atoms with Crippen LogP contribution in [0, 0.1) is 23.3 Å². The van der Waals surface area contributed by atoms with Gasteiger partial charge in [0.05, 0.1) is 16.8 Å². The summed E-state index contributed by atoms with van der Waals surface area (Å²) in [5.74, 6) is -10.5. The van der Waals surface area contributed by atoms with E-state index in [0.29, 0.717) is 4.90 Å². The number of benzene rings is 2. The number of carbonyl (C=O) groups is 2. The first-order valence-electron chi connectivity index (χ1n) is 5.75. The van der Waals surface area contributed by atoms with E-state index in [-0.39, 0.29) is 5.69 Å². The SMILES string of the molecule is O=C1c2c(F)c(F)c(F)c(F)c2C(=O)N1c1ccccc1. The predicted molar refractivity (Wildman–Crippen MR) is 63.9 cm³/mol. The van der Waals surface area contributed by atoms with Gasteiger partial charge in [-0.05, 0) is 12.1 Å². The molecule has 0 N–H and O–H groups in total. The van der Waals surface area contributed by atoms with E-state index in [1.807, 2.05) is 0 Å². The lowest BCUT2D eigenvalue weighted by Crippen LogP contribution is -2.29. The first kappa shape index (κ1) is 13.3. The Kier molecular flexibility index (Phi) is 2.79. The van der Waals surface area contributed by atoms with Crippen molar-refractivity contribution >= 4 is 17.5 Å². The van der Waals surface area contributed by atoms with Gasteiger partial charge in [-0.25, -0.2) is 22.5 Å². The molecule has 0 unspecified atom stereocenters. The van der Waals surface area contributed by atoms with E-state index in [1.54, 1.807) is 6.07 Å². The molecule has 0 spiro atoms. The zero-order chi connectivity index (χ0) is 15.3. The molecule has 0 aromatic heterocycles. The Balaban J connectivity index is 2.27. The van der Waals surface area contributed by atoms with E-state index in [2.05, 4.69) is 0 Å². The van der Waals surface area contributed by atoms with Crippen molar-refractivity contribution in [3.05, 3.63) is 64.7 Å².